The largest absolute Gasteiger partial charge is 0.351 e. The third-order valence-corrected chi connectivity index (χ3v) is 4.39. The summed E-state index contributed by atoms with van der Waals surface area (Å²) in [7, 11) is 0. The third kappa shape index (κ3) is 3.94. The predicted molar refractivity (Wildman–Crippen MR) is 101 cm³/mol. The number of nitrogens with zero attached hydrogens (tertiary/aromatic N) is 3. The zero-order valence-corrected chi connectivity index (χ0v) is 14.0. The molecule has 1 heterocycles. The van der Waals surface area contributed by atoms with Gasteiger partial charge in [-0.25, -0.2) is 0 Å². The molecular weight excluding hydrogens is 310 g/mol. The fraction of sp³-hybridized carbons (Fsp3) is 0.250. The van der Waals surface area contributed by atoms with Crippen molar-refractivity contribution in [1.29, 1.82) is 0 Å². The summed E-state index contributed by atoms with van der Waals surface area (Å²) >= 11 is 0. The van der Waals surface area contributed by atoms with E-state index in [0.29, 0.717) is 23.8 Å². The Bertz CT molecular complexity index is 814. The molecular formula is C20H21N5. The van der Waals surface area contributed by atoms with Crippen LogP contribution in [0, 0.1) is 0 Å². The molecule has 0 saturated heterocycles. The minimum Gasteiger partial charge on any atom is -0.351 e. The van der Waals surface area contributed by atoms with Gasteiger partial charge in [-0.05, 0) is 25.0 Å². The molecule has 2 aromatic carbocycles. The molecule has 4 rings (SSSR count). The topological polar surface area (TPSA) is 62.7 Å². The van der Waals surface area contributed by atoms with Gasteiger partial charge in [0.15, 0.2) is 5.82 Å². The Morgan fingerprint density at radius 1 is 0.720 bits per heavy atom. The van der Waals surface area contributed by atoms with Crippen LogP contribution in [0.5, 0.6) is 0 Å². The van der Waals surface area contributed by atoms with Gasteiger partial charge in [-0.3, -0.25) is 0 Å². The minimum absolute atomic E-state index is 0.454. The normalized spacial score (nSPS) is 14.4. The lowest BCUT2D eigenvalue weighted by Crippen LogP contribution is -2.17. The van der Waals surface area contributed by atoms with Crippen LogP contribution in [-0.4, -0.2) is 21.0 Å². The van der Waals surface area contributed by atoms with E-state index in [1.54, 1.807) is 0 Å². The quantitative estimate of drug-likeness (QED) is 0.713. The highest BCUT2D eigenvalue weighted by atomic mass is 15.2. The fourth-order valence-electron chi connectivity index (χ4n) is 3.12. The minimum atomic E-state index is 0.454. The number of nitrogens with one attached hydrogen (secondary N) is 2. The van der Waals surface area contributed by atoms with Gasteiger partial charge in [-0.15, -0.1) is 0 Å². The summed E-state index contributed by atoms with van der Waals surface area (Å²) in [6.07, 6.45) is 4.88. The van der Waals surface area contributed by atoms with Crippen LogP contribution in [0.15, 0.2) is 60.7 Å². The first-order chi connectivity index (χ1) is 12.4. The molecule has 0 amide bonds. The molecule has 1 saturated carbocycles. The average molecular weight is 331 g/mol. The number of rotatable bonds is 5. The number of anilines is 3. The first kappa shape index (κ1) is 15.6. The van der Waals surface area contributed by atoms with Gasteiger partial charge in [0.25, 0.3) is 0 Å². The SMILES string of the molecule is c1ccc(Nc2nc(NC3CCCC3)nc(-c3ccccc3)n2)cc1. The maximum absolute atomic E-state index is 4.64. The molecule has 25 heavy (non-hydrogen) atoms. The molecule has 126 valence electrons. The molecule has 2 N–H and O–H groups in total. The van der Waals surface area contributed by atoms with Crippen LogP contribution in [0.2, 0.25) is 0 Å². The summed E-state index contributed by atoms with van der Waals surface area (Å²) in [5.41, 5.74) is 1.94. The van der Waals surface area contributed by atoms with Crippen molar-refractivity contribution < 1.29 is 0 Å². The van der Waals surface area contributed by atoms with Crippen LogP contribution in [-0.2, 0) is 0 Å². The lowest BCUT2D eigenvalue weighted by molar-refractivity contribution is 0.743. The summed E-state index contributed by atoms with van der Waals surface area (Å²) in [6.45, 7) is 0. The number of para-hydroxylation sites is 1. The van der Waals surface area contributed by atoms with Crippen LogP contribution in [0.3, 0.4) is 0 Å². The zero-order chi connectivity index (χ0) is 16.9. The Labute approximate surface area is 147 Å². The van der Waals surface area contributed by atoms with E-state index in [1.807, 2.05) is 60.7 Å². The lowest BCUT2D eigenvalue weighted by Gasteiger charge is -2.14. The number of aromatic nitrogens is 3. The maximum Gasteiger partial charge on any atom is 0.232 e. The maximum atomic E-state index is 4.64. The van der Waals surface area contributed by atoms with E-state index in [-0.39, 0.29) is 0 Å². The van der Waals surface area contributed by atoms with Crippen molar-refractivity contribution in [2.24, 2.45) is 0 Å². The van der Waals surface area contributed by atoms with Crippen LogP contribution < -0.4 is 10.6 Å². The molecule has 5 nitrogen and oxygen atoms in total. The van der Waals surface area contributed by atoms with Crippen molar-refractivity contribution in [2.75, 3.05) is 10.6 Å². The van der Waals surface area contributed by atoms with Gasteiger partial charge in [0.2, 0.25) is 11.9 Å². The highest BCUT2D eigenvalue weighted by molar-refractivity contribution is 5.60. The summed E-state index contributed by atoms with van der Waals surface area (Å²) in [5.74, 6) is 1.87. The molecule has 5 heteroatoms. The Morgan fingerprint density at radius 3 is 2.08 bits per heavy atom. The average Bonchev–Trinajstić information content (AvgIpc) is 3.16. The van der Waals surface area contributed by atoms with Crippen LogP contribution in [0.1, 0.15) is 25.7 Å². The fourth-order valence-corrected chi connectivity index (χ4v) is 3.12. The number of hydrogen-bond acceptors (Lipinski definition) is 5. The highest BCUT2D eigenvalue weighted by Crippen LogP contribution is 2.24. The second-order valence-electron chi connectivity index (χ2n) is 6.29. The van der Waals surface area contributed by atoms with Crippen molar-refractivity contribution in [2.45, 2.75) is 31.7 Å². The van der Waals surface area contributed by atoms with Gasteiger partial charge >= 0.3 is 0 Å². The summed E-state index contributed by atoms with van der Waals surface area (Å²) in [5, 5.41) is 6.75. The smallest absolute Gasteiger partial charge is 0.232 e. The van der Waals surface area contributed by atoms with Crippen molar-refractivity contribution in [3.8, 4) is 11.4 Å². The van der Waals surface area contributed by atoms with Gasteiger partial charge in [-0.2, -0.15) is 15.0 Å². The van der Waals surface area contributed by atoms with Gasteiger partial charge in [0.05, 0.1) is 0 Å². The van der Waals surface area contributed by atoms with E-state index < -0.39 is 0 Å². The molecule has 0 bridgehead atoms. The van der Waals surface area contributed by atoms with E-state index in [0.717, 1.165) is 11.3 Å². The van der Waals surface area contributed by atoms with Crippen LogP contribution >= 0.6 is 0 Å². The van der Waals surface area contributed by atoms with E-state index in [1.165, 1.54) is 25.7 Å². The molecule has 1 fully saturated rings. The molecule has 0 radical (unpaired) electrons. The van der Waals surface area contributed by atoms with E-state index in [4.69, 9.17) is 0 Å². The van der Waals surface area contributed by atoms with Crippen LogP contribution in [0.25, 0.3) is 11.4 Å². The Hall–Kier alpha value is -2.95. The second kappa shape index (κ2) is 7.30. The number of benzene rings is 2. The van der Waals surface area contributed by atoms with E-state index in [9.17, 15) is 0 Å². The Morgan fingerprint density at radius 2 is 1.36 bits per heavy atom. The summed E-state index contributed by atoms with van der Waals surface area (Å²) < 4.78 is 0. The van der Waals surface area contributed by atoms with Crippen molar-refractivity contribution in [3.63, 3.8) is 0 Å². The van der Waals surface area contributed by atoms with Crippen molar-refractivity contribution >= 4 is 17.6 Å². The van der Waals surface area contributed by atoms with Gasteiger partial charge in [0, 0.05) is 17.3 Å². The first-order valence-electron chi connectivity index (χ1n) is 8.77. The second-order valence-corrected chi connectivity index (χ2v) is 6.29. The molecule has 0 aliphatic heterocycles. The predicted octanol–water partition coefficient (Wildman–Crippen LogP) is 4.64. The summed E-state index contributed by atoms with van der Waals surface area (Å²) in [4.78, 5) is 13.8. The molecule has 0 unspecified atom stereocenters. The first-order valence-corrected chi connectivity index (χ1v) is 8.77. The third-order valence-electron chi connectivity index (χ3n) is 4.39. The number of hydrogen-bond donors (Lipinski definition) is 2. The molecule has 1 aromatic heterocycles. The van der Waals surface area contributed by atoms with Gasteiger partial charge in [0.1, 0.15) is 0 Å². The molecule has 1 aliphatic rings. The lowest BCUT2D eigenvalue weighted by atomic mass is 10.2. The van der Waals surface area contributed by atoms with Gasteiger partial charge in [-0.1, -0.05) is 61.4 Å². The Kier molecular flexibility index (Phi) is 4.55. The molecule has 0 spiro atoms. The monoisotopic (exact) mass is 331 g/mol. The van der Waals surface area contributed by atoms with Crippen LogP contribution in [0.4, 0.5) is 17.6 Å². The summed E-state index contributed by atoms with van der Waals surface area (Å²) in [6, 6.07) is 20.4. The van der Waals surface area contributed by atoms with Crippen molar-refractivity contribution in [1.82, 2.24) is 15.0 Å². The molecule has 3 aromatic rings. The molecule has 0 atom stereocenters. The zero-order valence-electron chi connectivity index (χ0n) is 14.0. The van der Waals surface area contributed by atoms with Crippen molar-refractivity contribution in [3.05, 3.63) is 60.7 Å². The van der Waals surface area contributed by atoms with E-state index >= 15 is 0 Å². The van der Waals surface area contributed by atoms with Gasteiger partial charge < -0.3 is 10.6 Å². The highest BCUT2D eigenvalue weighted by Gasteiger charge is 2.17. The Balaban J connectivity index is 1.66. The molecule has 1 aliphatic carbocycles. The van der Waals surface area contributed by atoms with E-state index in [2.05, 4.69) is 25.6 Å². The standard InChI is InChI=1S/C20H21N5/c1-3-9-15(10-4-1)18-23-19(21-16-11-5-2-6-12-16)25-20(24-18)22-17-13-7-8-14-17/h1-6,9-12,17H,7-8,13-14H2,(H2,21,22,23,24,25).